The normalized spacial score (nSPS) is 15.0. The number of aromatic nitrogens is 2. The number of carbonyl (C=O) groups excluding carboxylic acids is 1. The number of nitrogens with zero attached hydrogens (tertiary/aromatic N) is 3. The Bertz CT molecular complexity index is 824. The van der Waals surface area contributed by atoms with Crippen molar-refractivity contribution in [1.82, 2.24) is 9.55 Å². The van der Waals surface area contributed by atoms with E-state index in [9.17, 15) is 14.9 Å². The molecule has 0 N–H and O–H groups in total. The lowest BCUT2D eigenvalue weighted by atomic mass is 9.98. The summed E-state index contributed by atoms with van der Waals surface area (Å²) in [4.78, 5) is 27.9. The number of hydrogen-bond donors (Lipinski definition) is 0. The quantitative estimate of drug-likeness (QED) is 0.462. The van der Waals surface area contributed by atoms with Gasteiger partial charge in [0.15, 0.2) is 0 Å². The van der Waals surface area contributed by atoms with Crippen LogP contribution >= 0.6 is 0 Å². The summed E-state index contributed by atoms with van der Waals surface area (Å²) in [6.45, 7) is 3.09. The highest BCUT2D eigenvalue weighted by atomic mass is 16.6. The zero-order chi connectivity index (χ0) is 18.7. The number of ether oxygens (including phenoxy) is 2. The standard InChI is InChI=1S/C18H21N3O5/c1-3-13-14(18(22)25-2)4-5-15(16(13)21(23)24)20-9-8-19-17(20)12-6-10-26-11-7-12/h4-5,8-9,12H,3,6-7,10-11H2,1-2H3. The molecule has 0 spiro atoms. The zero-order valence-electron chi connectivity index (χ0n) is 14.8. The first-order chi connectivity index (χ1) is 12.6. The van der Waals surface area contributed by atoms with Crippen LogP contribution in [0.5, 0.6) is 0 Å². The van der Waals surface area contributed by atoms with Crippen molar-refractivity contribution in [3.05, 3.63) is 51.6 Å². The minimum absolute atomic E-state index is 0.0818. The Balaban J connectivity index is 2.16. The first kappa shape index (κ1) is 18.1. The Morgan fingerprint density at radius 3 is 2.77 bits per heavy atom. The lowest BCUT2D eigenvalue weighted by Gasteiger charge is -2.22. The van der Waals surface area contributed by atoms with Crippen LogP contribution in [0.4, 0.5) is 5.69 Å². The van der Waals surface area contributed by atoms with Crippen LogP contribution in [0.2, 0.25) is 0 Å². The Morgan fingerprint density at radius 2 is 2.15 bits per heavy atom. The van der Waals surface area contributed by atoms with E-state index in [0.717, 1.165) is 18.7 Å². The monoisotopic (exact) mass is 359 g/mol. The number of hydrogen-bond acceptors (Lipinski definition) is 6. The van der Waals surface area contributed by atoms with Crippen LogP contribution in [0.1, 0.15) is 47.4 Å². The molecule has 1 aliphatic heterocycles. The predicted octanol–water partition coefficient (Wildman–Crippen LogP) is 3.02. The molecule has 1 fully saturated rings. The molecule has 2 aromatic rings. The largest absolute Gasteiger partial charge is 0.465 e. The Kier molecular flexibility index (Phi) is 5.32. The smallest absolute Gasteiger partial charge is 0.338 e. The van der Waals surface area contributed by atoms with E-state index < -0.39 is 10.9 Å². The van der Waals surface area contributed by atoms with E-state index in [-0.39, 0.29) is 17.2 Å². The number of esters is 1. The van der Waals surface area contributed by atoms with Gasteiger partial charge >= 0.3 is 5.97 Å². The minimum Gasteiger partial charge on any atom is -0.465 e. The molecule has 1 aliphatic rings. The molecular weight excluding hydrogens is 338 g/mol. The van der Waals surface area contributed by atoms with Gasteiger partial charge in [-0.3, -0.25) is 14.7 Å². The Labute approximate surface area is 150 Å². The van der Waals surface area contributed by atoms with Gasteiger partial charge < -0.3 is 9.47 Å². The Morgan fingerprint density at radius 1 is 1.42 bits per heavy atom. The first-order valence-electron chi connectivity index (χ1n) is 8.58. The van der Waals surface area contributed by atoms with Gasteiger partial charge in [0.25, 0.3) is 5.69 Å². The van der Waals surface area contributed by atoms with Crippen LogP contribution in [0.3, 0.4) is 0 Å². The van der Waals surface area contributed by atoms with E-state index in [1.54, 1.807) is 36.0 Å². The average molecular weight is 359 g/mol. The summed E-state index contributed by atoms with van der Waals surface area (Å²) >= 11 is 0. The highest BCUT2D eigenvalue weighted by molar-refractivity contribution is 5.93. The highest BCUT2D eigenvalue weighted by Gasteiger charge is 2.29. The molecule has 0 unspecified atom stereocenters. The maximum Gasteiger partial charge on any atom is 0.338 e. The lowest BCUT2D eigenvalue weighted by molar-refractivity contribution is -0.385. The van der Waals surface area contributed by atoms with Crippen LogP contribution in [0.15, 0.2) is 24.5 Å². The van der Waals surface area contributed by atoms with Crippen molar-refractivity contribution in [2.24, 2.45) is 0 Å². The van der Waals surface area contributed by atoms with Gasteiger partial charge in [-0.2, -0.15) is 0 Å². The van der Waals surface area contributed by atoms with Gasteiger partial charge in [0.05, 0.1) is 17.6 Å². The Hall–Kier alpha value is -2.74. The van der Waals surface area contributed by atoms with E-state index in [4.69, 9.17) is 9.47 Å². The second-order valence-corrected chi connectivity index (χ2v) is 6.10. The number of nitro groups is 1. The fourth-order valence-electron chi connectivity index (χ4n) is 3.46. The van der Waals surface area contributed by atoms with Crippen LogP contribution in [0, 0.1) is 10.1 Å². The topological polar surface area (TPSA) is 96.5 Å². The molecule has 8 heteroatoms. The third-order valence-corrected chi connectivity index (χ3v) is 4.72. The summed E-state index contributed by atoms with van der Waals surface area (Å²) in [7, 11) is 1.26. The number of rotatable bonds is 5. The second kappa shape index (κ2) is 7.65. The molecule has 0 amide bonds. The van der Waals surface area contributed by atoms with E-state index in [1.807, 2.05) is 0 Å². The van der Waals surface area contributed by atoms with E-state index in [0.29, 0.717) is 30.9 Å². The fourth-order valence-corrected chi connectivity index (χ4v) is 3.46. The van der Waals surface area contributed by atoms with Crippen molar-refractivity contribution in [2.75, 3.05) is 20.3 Å². The second-order valence-electron chi connectivity index (χ2n) is 6.10. The van der Waals surface area contributed by atoms with Gasteiger partial charge in [0.1, 0.15) is 11.5 Å². The molecule has 1 aromatic heterocycles. The van der Waals surface area contributed by atoms with Crippen molar-refractivity contribution in [1.29, 1.82) is 0 Å². The van der Waals surface area contributed by atoms with Gasteiger partial charge in [-0.1, -0.05) is 6.92 Å². The van der Waals surface area contributed by atoms with Crippen molar-refractivity contribution in [3.8, 4) is 5.69 Å². The highest BCUT2D eigenvalue weighted by Crippen LogP contribution is 2.34. The van der Waals surface area contributed by atoms with Crippen molar-refractivity contribution < 1.29 is 19.2 Å². The molecule has 1 saturated heterocycles. The minimum atomic E-state index is -0.577. The molecule has 138 valence electrons. The van der Waals surface area contributed by atoms with Gasteiger partial charge in [0.2, 0.25) is 0 Å². The number of benzene rings is 1. The summed E-state index contributed by atoms with van der Waals surface area (Å²) in [5, 5.41) is 11.8. The molecule has 0 saturated carbocycles. The molecule has 1 aromatic carbocycles. The molecule has 2 heterocycles. The molecule has 0 bridgehead atoms. The van der Waals surface area contributed by atoms with Crippen LogP contribution in [-0.2, 0) is 15.9 Å². The summed E-state index contributed by atoms with van der Waals surface area (Å²) in [5.74, 6) is 0.389. The number of carbonyl (C=O) groups is 1. The van der Waals surface area contributed by atoms with Gasteiger partial charge in [-0.15, -0.1) is 0 Å². The molecule has 0 radical (unpaired) electrons. The first-order valence-corrected chi connectivity index (χ1v) is 8.58. The van der Waals surface area contributed by atoms with Crippen LogP contribution in [-0.4, -0.2) is 40.8 Å². The van der Waals surface area contributed by atoms with Gasteiger partial charge in [-0.05, 0) is 31.4 Å². The van der Waals surface area contributed by atoms with Gasteiger partial charge in [-0.25, -0.2) is 9.78 Å². The van der Waals surface area contributed by atoms with E-state index >= 15 is 0 Å². The third kappa shape index (κ3) is 3.20. The molecule has 3 rings (SSSR count). The van der Waals surface area contributed by atoms with Crippen molar-refractivity contribution in [3.63, 3.8) is 0 Å². The summed E-state index contributed by atoms with van der Waals surface area (Å²) in [6, 6.07) is 3.18. The lowest BCUT2D eigenvalue weighted by Crippen LogP contribution is -2.18. The maximum atomic E-state index is 12.0. The van der Waals surface area contributed by atoms with Crippen LogP contribution < -0.4 is 0 Å². The van der Waals surface area contributed by atoms with Crippen molar-refractivity contribution >= 4 is 11.7 Å². The molecular formula is C18H21N3O5. The van der Waals surface area contributed by atoms with Gasteiger partial charge in [0, 0.05) is 37.1 Å². The number of methoxy groups -OCH3 is 1. The molecule has 0 atom stereocenters. The zero-order valence-corrected chi connectivity index (χ0v) is 14.8. The molecule has 8 nitrogen and oxygen atoms in total. The summed E-state index contributed by atoms with van der Waals surface area (Å²) < 4.78 is 11.9. The van der Waals surface area contributed by atoms with Crippen LogP contribution in [0.25, 0.3) is 5.69 Å². The fraction of sp³-hybridized carbons (Fsp3) is 0.444. The summed E-state index contributed by atoms with van der Waals surface area (Å²) in [6.07, 6.45) is 5.37. The number of nitro benzene ring substituents is 1. The average Bonchev–Trinajstić information content (AvgIpc) is 3.16. The summed E-state index contributed by atoms with van der Waals surface area (Å²) in [5.41, 5.74) is 0.921. The number of imidazole rings is 1. The van der Waals surface area contributed by atoms with E-state index in [2.05, 4.69) is 4.98 Å². The predicted molar refractivity (Wildman–Crippen MR) is 93.7 cm³/mol. The third-order valence-electron chi connectivity index (χ3n) is 4.72. The molecule has 0 aliphatic carbocycles. The molecule has 26 heavy (non-hydrogen) atoms. The maximum absolute atomic E-state index is 12.0. The SMILES string of the molecule is CCc1c(C(=O)OC)ccc(-n2ccnc2C2CCOCC2)c1[N+](=O)[O-]. The van der Waals surface area contributed by atoms with E-state index in [1.165, 1.54) is 7.11 Å². The van der Waals surface area contributed by atoms with Crippen molar-refractivity contribution in [2.45, 2.75) is 32.1 Å².